The Kier molecular flexibility index (Phi) is 3.60. The molecule has 0 radical (unpaired) electrons. The Morgan fingerprint density at radius 2 is 1.88 bits per heavy atom. The molecule has 1 atom stereocenters. The smallest absolute Gasteiger partial charge is 0.168 e. The average Bonchev–Trinajstić information content (AvgIpc) is 2.99. The molecule has 0 saturated carbocycles. The van der Waals surface area contributed by atoms with Crippen LogP contribution in [-0.2, 0) is 0 Å². The van der Waals surface area contributed by atoms with Crippen molar-refractivity contribution in [3.63, 3.8) is 0 Å². The molecule has 0 amide bonds. The second-order valence-electron chi connectivity index (χ2n) is 6.64. The van der Waals surface area contributed by atoms with Crippen LogP contribution in [0.3, 0.4) is 0 Å². The minimum Gasteiger partial charge on any atom is -0.508 e. The molecule has 2 heterocycles. The van der Waals surface area contributed by atoms with Gasteiger partial charge in [0.1, 0.15) is 11.6 Å². The fourth-order valence-electron chi connectivity index (χ4n) is 3.16. The summed E-state index contributed by atoms with van der Waals surface area (Å²) in [4.78, 5) is 2.07. The van der Waals surface area contributed by atoms with Crippen molar-refractivity contribution < 1.29 is 5.11 Å². The van der Waals surface area contributed by atoms with Crippen molar-refractivity contribution >= 4 is 11.4 Å². The molecule has 1 aliphatic rings. The number of aromatic hydroxyl groups is 1. The Labute approximate surface area is 146 Å². The van der Waals surface area contributed by atoms with E-state index in [2.05, 4.69) is 56.2 Å². The van der Waals surface area contributed by atoms with Gasteiger partial charge in [-0.25, -0.2) is 0 Å². The summed E-state index contributed by atoms with van der Waals surface area (Å²) in [6.07, 6.45) is 0. The summed E-state index contributed by atoms with van der Waals surface area (Å²) >= 11 is 0. The lowest BCUT2D eigenvalue weighted by Crippen LogP contribution is -2.09. The number of fused-ring (bicyclic) bond motifs is 3. The largest absolute Gasteiger partial charge is 0.508 e. The number of nitrogens with zero attached hydrogens (tertiary/aromatic N) is 4. The van der Waals surface area contributed by atoms with Crippen LogP contribution in [0.2, 0.25) is 0 Å². The molecule has 3 aromatic rings. The van der Waals surface area contributed by atoms with Crippen LogP contribution in [0.5, 0.6) is 5.75 Å². The van der Waals surface area contributed by atoms with Crippen LogP contribution < -0.4 is 10.2 Å². The Morgan fingerprint density at radius 1 is 1.12 bits per heavy atom. The molecule has 25 heavy (non-hydrogen) atoms. The number of rotatable bonds is 2. The van der Waals surface area contributed by atoms with Crippen LogP contribution in [0.15, 0.2) is 42.5 Å². The molecule has 2 aromatic carbocycles. The molecular weight excluding hydrogens is 314 g/mol. The van der Waals surface area contributed by atoms with Gasteiger partial charge < -0.3 is 15.3 Å². The molecule has 6 heteroatoms. The van der Waals surface area contributed by atoms with Crippen LogP contribution in [-0.4, -0.2) is 40.5 Å². The summed E-state index contributed by atoms with van der Waals surface area (Å²) in [5, 5.41) is 22.1. The van der Waals surface area contributed by atoms with Gasteiger partial charge in [-0.3, -0.25) is 4.57 Å². The maximum absolute atomic E-state index is 9.83. The first-order valence-corrected chi connectivity index (χ1v) is 8.35. The summed E-state index contributed by atoms with van der Waals surface area (Å²) in [7, 11) is 4.04. The van der Waals surface area contributed by atoms with E-state index in [4.69, 9.17) is 0 Å². The van der Waals surface area contributed by atoms with E-state index >= 15 is 0 Å². The van der Waals surface area contributed by atoms with Crippen molar-refractivity contribution in [1.82, 2.24) is 14.8 Å². The van der Waals surface area contributed by atoms with Gasteiger partial charge >= 0.3 is 0 Å². The summed E-state index contributed by atoms with van der Waals surface area (Å²) in [6.45, 7) is 2.87. The highest BCUT2D eigenvalue weighted by Crippen LogP contribution is 2.35. The number of phenols is 1. The van der Waals surface area contributed by atoms with E-state index in [1.165, 1.54) is 0 Å². The molecule has 0 aliphatic carbocycles. The third-order valence-electron chi connectivity index (χ3n) is 4.59. The van der Waals surface area contributed by atoms with Crippen molar-refractivity contribution in [3.8, 4) is 22.8 Å². The topological polar surface area (TPSA) is 66.2 Å². The predicted octanol–water partition coefficient (Wildman–Crippen LogP) is 3.23. The van der Waals surface area contributed by atoms with E-state index in [0.717, 1.165) is 40.8 Å². The van der Waals surface area contributed by atoms with E-state index in [1.54, 1.807) is 12.1 Å². The van der Waals surface area contributed by atoms with Gasteiger partial charge in [0.25, 0.3) is 0 Å². The van der Waals surface area contributed by atoms with E-state index in [1.807, 2.05) is 20.2 Å². The molecule has 4 rings (SSSR count). The van der Waals surface area contributed by atoms with Crippen LogP contribution in [0.25, 0.3) is 17.1 Å². The lowest BCUT2D eigenvalue weighted by Gasteiger charge is -2.14. The molecule has 0 fully saturated rings. The highest BCUT2D eigenvalue weighted by molar-refractivity contribution is 5.70. The quantitative estimate of drug-likeness (QED) is 0.753. The molecule has 6 nitrogen and oxygen atoms in total. The third kappa shape index (κ3) is 2.59. The molecule has 128 valence electrons. The Bertz CT molecular complexity index is 914. The fourth-order valence-corrected chi connectivity index (χ4v) is 3.16. The van der Waals surface area contributed by atoms with Crippen molar-refractivity contribution in [1.29, 1.82) is 0 Å². The van der Waals surface area contributed by atoms with Gasteiger partial charge in [-0.1, -0.05) is 6.92 Å². The predicted molar refractivity (Wildman–Crippen MR) is 99.7 cm³/mol. The summed E-state index contributed by atoms with van der Waals surface area (Å²) in [5.41, 5.74) is 3.99. The van der Waals surface area contributed by atoms with Crippen LogP contribution in [0.4, 0.5) is 11.4 Å². The maximum Gasteiger partial charge on any atom is 0.168 e. The van der Waals surface area contributed by atoms with Gasteiger partial charge in [0.05, 0.1) is 11.4 Å². The number of benzene rings is 2. The van der Waals surface area contributed by atoms with Crippen LogP contribution >= 0.6 is 0 Å². The lowest BCUT2D eigenvalue weighted by molar-refractivity contribution is 0.475. The summed E-state index contributed by atoms with van der Waals surface area (Å²) in [6, 6.07) is 13.6. The standard InChI is InChI=1S/C19H21N5O/c1-12-11-20-16-10-15(25)8-9-17(16)24-18(12)21-22-19(24)13-4-6-14(7-5-13)23(2)3/h4-10,12,20,25H,11H2,1-3H3. The van der Waals surface area contributed by atoms with Crippen molar-refractivity contribution in [3.05, 3.63) is 48.3 Å². The van der Waals surface area contributed by atoms with Gasteiger partial charge in [-0.15, -0.1) is 10.2 Å². The zero-order valence-electron chi connectivity index (χ0n) is 14.6. The normalized spacial score (nSPS) is 15.7. The highest BCUT2D eigenvalue weighted by Gasteiger charge is 2.25. The monoisotopic (exact) mass is 335 g/mol. The molecule has 0 bridgehead atoms. The second-order valence-corrected chi connectivity index (χ2v) is 6.64. The number of nitrogens with one attached hydrogen (secondary N) is 1. The van der Waals surface area contributed by atoms with E-state index in [0.29, 0.717) is 0 Å². The number of hydrogen-bond acceptors (Lipinski definition) is 5. The lowest BCUT2D eigenvalue weighted by atomic mass is 10.1. The van der Waals surface area contributed by atoms with Crippen molar-refractivity contribution in [2.75, 3.05) is 30.9 Å². The Morgan fingerprint density at radius 3 is 2.60 bits per heavy atom. The number of phenolic OH excluding ortho intramolecular Hbond substituents is 1. The third-order valence-corrected chi connectivity index (χ3v) is 4.59. The minimum absolute atomic E-state index is 0.205. The van der Waals surface area contributed by atoms with Crippen LogP contribution in [0.1, 0.15) is 18.7 Å². The molecule has 0 saturated heterocycles. The summed E-state index contributed by atoms with van der Waals surface area (Å²) in [5.74, 6) is 2.18. The van der Waals surface area contributed by atoms with Crippen LogP contribution in [0, 0.1) is 0 Å². The first-order valence-electron chi connectivity index (χ1n) is 8.35. The zero-order chi connectivity index (χ0) is 17.6. The van der Waals surface area contributed by atoms with E-state index < -0.39 is 0 Å². The molecule has 1 aliphatic heterocycles. The van der Waals surface area contributed by atoms with Gasteiger partial charge in [0.15, 0.2) is 5.82 Å². The summed E-state index contributed by atoms with van der Waals surface area (Å²) < 4.78 is 2.09. The molecular formula is C19H21N5O. The zero-order valence-corrected chi connectivity index (χ0v) is 14.6. The first-order chi connectivity index (χ1) is 12.0. The van der Waals surface area contributed by atoms with E-state index in [-0.39, 0.29) is 11.7 Å². The average molecular weight is 335 g/mol. The van der Waals surface area contributed by atoms with Gasteiger partial charge in [-0.2, -0.15) is 0 Å². The number of aromatic nitrogens is 3. The van der Waals surface area contributed by atoms with Gasteiger partial charge in [0.2, 0.25) is 0 Å². The Balaban J connectivity index is 1.89. The minimum atomic E-state index is 0.205. The van der Waals surface area contributed by atoms with Crippen molar-refractivity contribution in [2.45, 2.75) is 12.8 Å². The molecule has 1 aromatic heterocycles. The van der Waals surface area contributed by atoms with Gasteiger partial charge in [-0.05, 0) is 36.4 Å². The highest BCUT2D eigenvalue weighted by atomic mass is 16.3. The number of anilines is 2. The second kappa shape index (κ2) is 5.81. The maximum atomic E-state index is 9.83. The SMILES string of the molecule is CC1CNc2cc(O)ccc2-n2c(-c3ccc(N(C)C)cc3)nnc21. The fraction of sp³-hybridized carbons (Fsp3) is 0.263. The number of hydrogen-bond donors (Lipinski definition) is 2. The first kappa shape index (κ1) is 15.5. The van der Waals surface area contributed by atoms with Gasteiger partial charge in [0, 0.05) is 43.9 Å². The molecule has 2 N–H and O–H groups in total. The van der Waals surface area contributed by atoms with Crippen molar-refractivity contribution in [2.24, 2.45) is 0 Å². The van der Waals surface area contributed by atoms with E-state index in [9.17, 15) is 5.11 Å². The molecule has 1 unspecified atom stereocenters. The molecule has 0 spiro atoms. The Hall–Kier alpha value is -3.02.